The first-order valence-corrected chi connectivity index (χ1v) is 7.73. The Labute approximate surface area is 143 Å². The highest BCUT2D eigenvalue weighted by atomic mass is 32.1. The number of methoxy groups -OCH3 is 2. The van der Waals surface area contributed by atoms with Gasteiger partial charge in [0.15, 0.2) is 0 Å². The van der Waals surface area contributed by atoms with Gasteiger partial charge >= 0.3 is 0 Å². The fourth-order valence-electron chi connectivity index (χ4n) is 2.78. The lowest BCUT2D eigenvalue weighted by Gasteiger charge is -2.11. The van der Waals surface area contributed by atoms with Gasteiger partial charge in [-0.1, -0.05) is 24.4 Å². The number of hydrogen-bond donors (Lipinski definition) is 0. The third-order valence-corrected chi connectivity index (χ3v) is 4.38. The number of benzene rings is 2. The van der Waals surface area contributed by atoms with E-state index in [1.165, 1.54) is 0 Å². The van der Waals surface area contributed by atoms with Gasteiger partial charge in [-0.15, -0.1) is 0 Å². The maximum atomic E-state index is 5.81. The summed E-state index contributed by atoms with van der Waals surface area (Å²) in [4.78, 5) is 4.41. The third-order valence-electron chi connectivity index (χ3n) is 3.97. The lowest BCUT2D eigenvalue weighted by Crippen LogP contribution is -1.95. The molecule has 0 saturated carbocycles. The normalized spacial score (nSPS) is 11.1. The maximum absolute atomic E-state index is 5.81. The zero-order chi connectivity index (χ0) is 16.7. The van der Waals surface area contributed by atoms with Crippen LogP contribution in [0, 0.1) is 4.51 Å². The molecule has 4 rings (SSSR count). The highest BCUT2D eigenvalue weighted by Crippen LogP contribution is 2.34. The minimum absolute atomic E-state index is 0.615. The molecule has 2 aromatic heterocycles. The van der Waals surface area contributed by atoms with Crippen LogP contribution in [0.15, 0.2) is 53.4 Å². The van der Waals surface area contributed by atoms with E-state index in [0.29, 0.717) is 21.6 Å². The van der Waals surface area contributed by atoms with Crippen molar-refractivity contribution in [3.63, 3.8) is 0 Å². The Bertz CT molecular complexity index is 1110. The van der Waals surface area contributed by atoms with Crippen LogP contribution in [0.5, 0.6) is 11.5 Å². The molecule has 24 heavy (non-hydrogen) atoms. The van der Waals surface area contributed by atoms with E-state index < -0.39 is 0 Å². The molecule has 2 heterocycles. The molecule has 0 spiro atoms. The van der Waals surface area contributed by atoms with Crippen LogP contribution in [0.25, 0.3) is 27.7 Å². The summed E-state index contributed by atoms with van der Waals surface area (Å²) in [6.45, 7) is 0. The number of aromatic nitrogens is 2. The second-order valence-corrected chi connectivity index (χ2v) is 5.66. The predicted molar refractivity (Wildman–Crippen MR) is 94.8 cm³/mol. The van der Waals surface area contributed by atoms with E-state index in [1.54, 1.807) is 38.9 Å². The lowest BCUT2D eigenvalue weighted by molar-refractivity contribution is 0.396. The van der Waals surface area contributed by atoms with Crippen molar-refractivity contribution in [3.05, 3.63) is 53.5 Å². The van der Waals surface area contributed by atoms with E-state index in [4.69, 9.17) is 26.1 Å². The number of rotatable bonds is 3. The van der Waals surface area contributed by atoms with Gasteiger partial charge in [-0.3, -0.25) is 4.57 Å². The Kier molecular flexibility index (Phi) is 3.46. The molecule has 120 valence electrons. The summed E-state index contributed by atoms with van der Waals surface area (Å²) in [5.41, 5.74) is 3.22. The van der Waals surface area contributed by atoms with Gasteiger partial charge in [0.05, 0.1) is 35.1 Å². The van der Waals surface area contributed by atoms with Crippen molar-refractivity contribution in [2.45, 2.75) is 0 Å². The topological polar surface area (TPSA) is 49.4 Å². The molecule has 0 aliphatic carbocycles. The summed E-state index contributed by atoms with van der Waals surface area (Å²) in [7, 11) is 3.20. The summed E-state index contributed by atoms with van der Waals surface area (Å²) >= 11 is 5.71. The van der Waals surface area contributed by atoms with Gasteiger partial charge in [0.1, 0.15) is 35.4 Å². The van der Waals surface area contributed by atoms with E-state index in [0.717, 1.165) is 22.1 Å². The zero-order valence-corrected chi connectivity index (χ0v) is 14.0. The van der Waals surface area contributed by atoms with Gasteiger partial charge in [0.2, 0.25) is 0 Å². The highest BCUT2D eigenvalue weighted by Gasteiger charge is 2.14. The second kappa shape index (κ2) is 5.65. The number of nitrogens with zero attached hydrogens (tertiary/aromatic N) is 2. The minimum Gasteiger partial charge on any atom is -0.496 e. The molecule has 0 N–H and O–H groups in total. The van der Waals surface area contributed by atoms with Crippen molar-refractivity contribution in [3.8, 4) is 17.2 Å². The minimum atomic E-state index is 0.615. The van der Waals surface area contributed by atoms with Crippen LogP contribution < -0.4 is 9.47 Å². The van der Waals surface area contributed by atoms with E-state index in [2.05, 4.69) is 4.98 Å². The molecular weight excluding hydrogens is 324 g/mol. The lowest BCUT2D eigenvalue weighted by atomic mass is 10.2. The van der Waals surface area contributed by atoms with Crippen LogP contribution in [-0.2, 0) is 0 Å². The monoisotopic (exact) mass is 338 g/mol. The quantitative estimate of drug-likeness (QED) is 0.514. The maximum Gasteiger partial charge on any atom is 0.142 e. The van der Waals surface area contributed by atoms with E-state index in [9.17, 15) is 0 Å². The van der Waals surface area contributed by atoms with Gasteiger partial charge in [-0.25, -0.2) is 4.98 Å². The van der Waals surface area contributed by atoms with E-state index in [1.807, 2.05) is 28.8 Å². The van der Waals surface area contributed by atoms with Crippen molar-refractivity contribution < 1.29 is 13.9 Å². The number of hydrogen-bond acceptors (Lipinski definition) is 5. The average Bonchev–Trinajstić information content (AvgIpc) is 3.05. The molecule has 0 unspecified atom stereocenters. The largest absolute Gasteiger partial charge is 0.496 e. The van der Waals surface area contributed by atoms with Crippen molar-refractivity contribution in [1.82, 2.24) is 9.55 Å². The molecule has 2 aromatic carbocycles. The van der Waals surface area contributed by atoms with Crippen molar-refractivity contribution in [1.29, 1.82) is 0 Å². The molecular formula is C18H14N2O3S. The first-order valence-electron chi connectivity index (χ1n) is 7.33. The van der Waals surface area contributed by atoms with Crippen LogP contribution in [0.4, 0.5) is 0 Å². The summed E-state index contributed by atoms with van der Waals surface area (Å²) in [5.74, 6) is 1.27. The van der Waals surface area contributed by atoms with Gasteiger partial charge in [0.25, 0.3) is 0 Å². The second-order valence-electron chi connectivity index (χ2n) is 5.26. The highest BCUT2D eigenvalue weighted by molar-refractivity contribution is 7.71. The average molecular weight is 338 g/mol. The summed E-state index contributed by atoms with van der Waals surface area (Å²) in [5, 5.41) is 0.739. The molecule has 0 atom stereocenters. The Balaban J connectivity index is 2.04. The molecule has 0 amide bonds. The van der Waals surface area contributed by atoms with E-state index >= 15 is 0 Å². The van der Waals surface area contributed by atoms with Gasteiger partial charge in [-0.05, 0) is 12.1 Å². The van der Waals surface area contributed by atoms with Crippen LogP contribution in [0.2, 0.25) is 0 Å². The Hall–Kier alpha value is -2.86. The molecule has 0 fully saturated rings. The van der Waals surface area contributed by atoms with Crippen molar-refractivity contribution >= 4 is 34.2 Å². The van der Waals surface area contributed by atoms with Gasteiger partial charge in [0, 0.05) is 12.1 Å². The zero-order valence-electron chi connectivity index (χ0n) is 13.1. The summed E-state index contributed by atoms with van der Waals surface area (Å²) < 4.78 is 19.1. The van der Waals surface area contributed by atoms with Gasteiger partial charge < -0.3 is 13.9 Å². The summed E-state index contributed by atoms with van der Waals surface area (Å²) in [6.07, 6.45) is 3.38. The number of para-hydroxylation sites is 2. The van der Waals surface area contributed by atoms with Crippen LogP contribution in [0.3, 0.4) is 0 Å². The smallest absolute Gasteiger partial charge is 0.142 e. The third kappa shape index (κ3) is 2.15. The van der Waals surface area contributed by atoms with Gasteiger partial charge in [-0.2, -0.15) is 0 Å². The van der Waals surface area contributed by atoms with Crippen LogP contribution >= 0.6 is 12.2 Å². The molecule has 0 aliphatic rings. The molecule has 0 aliphatic heterocycles. The fraction of sp³-hybridized carbons (Fsp3) is 0.111. The number of imidazole rings is 1. The molecule has 0 saturated heterocycles. The standard InChI is InChI=1S/C18H14N2O3S/c1-21-11-7-15(22-2)17-16(8-11)23-9-14(18(17)24)20-10-19-12-5-3-4-6-13(12)20/h3-10H,1-2H3. The molecule has 4 aromatic rings. The number of ether oxygens (including phenoxy) is 2. The van der Waals surface area contributed by atoms with Crippen LogP contribution in [0.1, 0.15) is 0 Å². The first-order chi connectivity index (χ1) is 11.7. The molecule has 0 bridgehead atoms. The number of fused-ring (bicyclic) bond motifs is 2. The fourth-order valence-corrected chi connectivity index (χ4v) is 3.13. The van der Waals surface area contributed by atoms with E-state index in [-0.39, 0.29) is 0 Å². The van der Waals surface area contributed by atoms with Crippen molar-refractivity contribution in [2.24, 2.45) is 0 Å². The molecule has 6 heteroatoms. The van der Waals surface area contributed by atoms with Crippen molar-refractivity contribution in [2.75, 3.05) is 14.2 Å². The molecule has 5 nitrogen and oxygen atoms in total. The Morgan fingerprint density at radius 1 is 1.12 bits per heavy atom. The Morgan fingerprint density at radius 3 is 2.75 bits per heavy atom. The SMILES string of the molecule is COc1cc(OC)c2c(=S)c(-n3cnc4ccccc43)coc2c1. The first kappa shape index (κ1) is 14.7. The van der Waals surface area contributed by atoms with Crippen LogP contribution in [-0.4, -0.2) is 23.8 Å². The predicted octanol–water partition coefficient (Wildman–Crippen LogP) is 4.52. The molecule has 0 radical (unpaired) electrons. The summed E-state index contributed by atoms with van der Waals surface area (Å²) in [6, 6.07) is 11.5. The Morgan fingerprint density at radius 2 is 1.96 bits per heavy atom.